The molecule has 126 valence electrons. The van der Waals surface area contributed by atoms with Crippen LogP contribution in [-0.2, 0) is 4.74 Å². The Morgan fingerprint density at radius 1 is 1.22 bits per heavy atom. The zero-order chi connectivity index (χ0) is 16.4. The van der Waals surface area contributed by atoms with Crippen LogP contribution in [0, 0.1) is 11.8 Å². The van der Waals surface area contributed by atoms with Crippen molar-refractivity contribution in [1.82, 2.24) is 9.80 Å². The lowest BCUT2D eigenvalue weighted by Crippen LogP contribution is -2.60. The fraction of sp³-hybridized carbons (Fsp3) is 0.632. The number of fused-ring (bicyclic) bond motifs is 2. The molecule has 2 fully saturated rings. The Bertz CT molecular complexity index is 531. The van der Waals surface area contributed by atoms with E-state index in [4.69, 9.17) is 4.74 Å². The summed E-state index contributed by atoms with van der Waals surface area (Å²) in [4.78, 5) is 17.3. The largest absolute Gasteiger partial charge is 0.458 e. The summed E-state index contributed by atoms with van der Waals surface area (Å²) in [5.74, 6) is 0.706. The van der Waals surface area contributed by atoms with Gasteiger partial charge in [-0.15, -0.1) is 0 Å². The molecule has 0 spiro atoms. The SMILES string of the molecule is CCN1CC2CC[C@H](N(C)C)C(C1)[C@H]2OC(=O)c1ccccc1. The molecule has 0 amide bonds. The smallest absolute Gasteiger partial charge is 0.338 e. The second kappa shape index (κ2) is 7.02. The number of hydrogen-bond acceptors (Lipinski definition) is 4. The second-order valence-electron chi connectivity index (χ2n) is 7.12. The summed E-state index contributed by atoms with van der Waals surface area (Å²) in [5, 5.41) is 0. The van der Waals surface area contributed by atoms with Crippen LogP contribution in [0.1, 0.15) is 30.1 Å². The predicted molar refractivity (Wildman–Crippen MR) is 91.4 cm³/mol. The van der Waals surface area contributed by atoms with Crippen LogP contribution in [0.25, 0.3) is 0 Å². The van der Waals surface area contributed by atoms with Gasteiger partial charge >= 0.3 is 5.97 Å². The maximum Gasteiger partial charge on any atom is 0.338 e. The van der Waals surface area contributed by atoms with E-state index in [2.05, 4.69) is 30.8 Å². The maximum absolute atomic E-state index is 12.5. The van der Waals surface area contributed by atoms with Gasteiger partial charge in [-0.1, -0.05) is 25.1 Å². The molecule has 23 heavy (non-hydrogen) atoms. The van der Waals surface area contributed by atoms with Crippen molar-refractivity contribution in [2.75, 3.05) is 33.7 Å². The van der Waals surface area contributed by atoms with E-state index in [-0.39, 0.29) is 12.1 Å². The molecule has 2 bridgehead atoms. The van der Waals surface area contributed by atoms with Crippen molar-refractivity contribution in [2.24, 2.45) is 11.8 Å². The third kappa shape index (κ3) is 3.43. The molecule has 0 radical (unpaired) electrons. The summed E-state index contributed by atoms with van der Waals surface area (Å²) in [6.45, 7) is 5.38. The van der Waals surface area contributed by atoms with Gasteiger partial charge in [0, 0.05) is 31.0 Å². The Hall–Kier alpha value is -1.39. The van der Waals surface area contributed by atoms with Crippen LogP contribution in [0.3, 0.4) is 0 Å². The summed E-state index contributed by atoms with van der Waals surface area (Å²) >= 11 is 0. The number of hydrogen-bond donors (Lipinski definition) is 0. The van der Waals surface area contributed by atoms with Crippen LogP contribution in [0.5, 0.6) is 0 Å². The van der Waals surface area contributed by atoms with Crippen molar-refractivity contribution in [2.45, 2.75) is 31.9 Å². The maximum atomic E-state index is 12.5. The fourth-order valence-corrected chi connectivity index (χ4v) is 4.31. The minimum absolute atomic E-state index is 0.0478. The number of ether oxygens (including phenoxy) is 1. The fourth-order valence-electron chi connectivity index (χ4n) is 4.31. The monoisotopic (exact) mass is 316 g/mol. The Morgan fingerprint density at radius 3 is 2.61 bits per heavy atom. The minimum Gasteiger partial charge on any atom is -0.458 e. The van der Waals surface area contributed by atoms with Crippen molar-refractivity contribution in [3.05, 3.63) is 35.9 Å². The van der Waals surface area contributed by atoms with Gasteiger partial charge in [0.25, 0.3) is 0 Å². The highest BCUT2D eigenvalue weighted by Crippen LogP contribution is 2.39. The highest BCUT2D eigenvalue weighted by Gasteiger charge is 2.46. The lowest BCUT2D eigenvalue weighted by molar-refractivity contribution is -0.0910. The van der Waals surface area contributed by atoms with Gasteiger partial charge in [-0.2, -0.15) is 0 Å². The van der Waals surface area contributed by atoms with Crippen molar-refractivity contribution < 1.29 is 9.53 Å². The zero-order valence-electron chi connectivity index (χ0n) is 14.4. The lowest BCUT2D eigenvalue weighted by Gasteiger charge is -2.51. The van der Waals surface area contributed by atoms with E-state index in [1.807, 2.05) is 30.3 Å². The quantitative estimate of drug-likeness (QED) is 0.799. The van der Waals surface area contributed by atoms with Gasteiger partial charge < -0.3 is 14.5 Å². The standard InChI is InChI=1S/C19H28N2O2/c1-4-21-12-15-10-11-17(20(2)3)16(13-21)18(15)23-19(22)14-8-6-5-7-9-14/h5-9,15-18H,4,10-13H2,1-3H3/t15?,16?,17-,18-/m0/s1. The van der Waals surface area contributed by atoms with E-state index in [1.54, 1.807) is 0 Å². The number of piperidine rings is 1. The van der Waals surface area contributed by atoms with Gasteiger partial charge in [0.2, 0.25) is 0 Å². The van der Waals surface area contributed by atoms with E-state index in [0.29, 0.717) is 23.4 Å². The Kier molecular flexibility index (Phi) is 5.02. The summed E-state index contributed by atoms with van der Waals surface area (Å²) in [6, 6.07) is 9.87. The predicted octanol–water partition coefficient (Wildman–Crippen LogP) is 2.50. The lowest BCUT2D eigenvalue weighted by atomic mass is 9.71. The van der Waals surface area contributed by atoms with Crippen LogP contribution < -0.4 is 0 Å². The van der Waals surface area contributed by atoms with E-state index in [9.17, 15) is 4.79 Å². The third-order valence-electron chi connectivity index (χ3n) is 5.54. The molecule has 1 aromatic rings. The molecule has 1 aliphatic carbocycles. The van der Waals surface area contributed by atoms with E-state index in [0.717, 1.165) is 26.1 Å². The number of rotatable bonds is 4. The van der Waals surface area contributed by atoms with Crippen LogP contribution in [-0.4, -0.2) is 61.6 Å². The minimum atomic E-state index is -0.171. The Balaban J connectivity index is 1.78. The zero-order valence-corrected chi connectivity index (χ0v) is 14.4. The number of carbonyl (C=O) groups is 1. The van der Waals surface area contributed by atoms with E-state index in [1.165, 1.54) is 6.42 Å². The normalized spacial score (nSPS) is 31.1. The number of benzene rings is 1. The summed E-state index contributed by atoms with van der Waals surface area (Å²) in [7, 11) is 4.29. The first-order valence-corrected chi connectivity index (χ1v) is 8.75. The van der Waals surface area contributed by atoms with E-state index >= 15 is 0 Å². The average Bonchev–Trinajstić information content (AvgIpc) is 2.55. The average molecular weight is 316 g/mol. The molecule has 4 nitrogen and oxygen atoms in total. The molecular weight excluding hydrogens is 288 g/mol. The molecule has 4 atom stereocenters. The van der Waals surface area contributed by atoms with Crippen LogP contribution in [0.4, 0.5) is 0 Å². The topological polar surface area (TPSA) is 32.8 Å². The van der Waals surface area contributed by atoms with Crippen LogP contribution in [0.2, 0.25) is 0 Å². The van der Waals surface area contributed by atoms with E-state index < -0.39 is 0 Å². The molecule has 3 rings (SSSR count). The number of likely N-dealkylation sites (tertiary alicyclic amines) is 1. The highest BCUT2D eigenvalue weighted by molar-refractivity contribution is 5.89. The van der Waals surface area contributed by atoms with Gasteiger partial charge in [0.15, 0.2) is 0 Å². The van der Waals surface area contributed by atoms with Crippen molar-refractivity contribution >= 4 is 5.97 Å². The summed E-state index contributed by atoms with van der Waals surface area (Å²) < 4.78 is 6.03. The number of esters is 1. The van der Waals surface area contributed by atoms with Gasteiger partial charge in [-0.05, 0) is 45.6 Å². The van der Waals surface area contributed by atoms with Crippen LogP contribution in [0.15, 0.2) is 30.3 Å². The molecule has 0 aromatic heterocycles. The Labute approximate surface area is 139 Å². The molecule has 2 unspecified atom stereocenters. The van der Waals surface area contributed by atoms with Crippen molar-refractivity contribution in [3.63, 3.8) is 0 Å². The first kappa shape index (κ1) is 16.5. The highest BCUT2D eigenvalue weighted by atomic mass is 16.5. The van der Waals surface area contributed by atoms with Gasteiger partial charge in [0.1, 0.15) is 6.10 Å². The molecule has 1 saturated carbocycles. The Morgan fingerprint density at radius 2 is 1.96 bits per heavy atom. The number of carbonyl (C=O) groups excluding carboxylic acids is 1. The number of nitrogens with zero attached hydrogens (tertiary/aromatic N) is 2. The van der Waals surface area contributed by atoms with Crippen molar-refractivity contribution in [3.8, 4) is 0 Å². The van der Waals surface area contributed by atoms with Crippen LogP contribution >= 0.6 is 0 Å². The first-order valence-electron chi connectivity index (χ1n) is 8.75. The first-order chi connectivity index (χ1) is 11.1. The molecule has 1 saturated heterocycles. The molecule has 1 aliphatic heterocycles. The van der Waals surface area contributed by atoms with Gasteiger partial charge in [-0.3, -0.25) is 0 Å². The van der Waals surface area contributed by atoms with Gasteiger partial charge in [-0.25, -0.2) is 4.79 Å². The molecule has 1 aromatic carbocycles. The van der Waals surface area contributed by atoms with Crippen molar-refractivity contribution in [1.29, 1.82) is 0 Å². The van der Waals surface area contributed by atoms with Gasteiger partial charge in [0.05, 0.1) is 5.56 Å². The molecule has 1 heterocycles. The summed E-state index contributed by atoms with van der Waals surface area (Å²) in [6.07, 6.45) is 2.40. The second-order valence-corrected chi connectivity index (χ2v) is 7.12. The third-order valence-corrected chi connectivity index (χ3v) is 5.54. The summed E-state index contributed by atoms with van der Waals surface area (Å²) in [5.41, 5.74) is 0.657. The molecule has 0 N–H and O–H groups in total. The molecule has 2 aliphatic rings. The molecule has 4 heteroatoms. The molecular formula is C19H28N2O2.